The SMILES string of the molecule is Cc1nc(C)c(CN2CCCC(C(=O)NCC(F)F)C2)s1. The van der Waals surface area contributed by atoms with E-state index >= 15 is 0 Å². The number of halogens is 2. The summed E-state index contributed by atoms with van der Waals surface area (Å²) in [5, 5.41) is 3.37. The lowest BCUT2D eigenvalue weighted by atomic mass is 9.97. The van der Waals surface area contributed by atoms with Crippen LogP contribution in [0.15, 0.2) is 0 Å². The normalized spacial score (nSPS) is 20.0. The van der Waals surface area contributed by atoms with E-state index in [0.717, 1.165) is 36.6 Å². The Morgan fingerprint density at radius 3 is 2.90 bits per heavy atom. The maximum atomic E-state index is 12.1. The molecule has 21 heavy (non-hydrogen) atoms. The van der Waals surface area contributed by atoms with Gasteiger partial charge in [-0.1, -0.05) is 0 Å². The minimum Gasteiger partial charge on any atom is -0.350 e. The molecule has 1 atom stereocenters. The fourth-order valence-corrected chi connectivity index (χ4v) is 3.64. The number of rotatable bonds is 5. The monoisotopic (exact) mass is 317 g/mol. The Morgan fingerprint density at radius 2 is 2.29 bits per heavy atom. The van der Waals surface area contributed by atoms with Crippen molar-refractivity contribution in [2.75, 3.05) is 19.6 Å². The largest absolute Gasteiger partial charge is 0.350 e. The minimum atomic E-state index is -2.49. The maximum Gasteiger partial charge on any atom is 0.255 e. The van der Waals surface area contributed by atoms with Gasteiger partial charge in [0.25, 0.3) is 6.43 Å². The highest BCUT2D eigenvalue weighted by Gasteiger charge is 2.26. The second-order valence-electron chi connectivity index (χ2n) is 5.45. The maximum absolute atomic E-state index is 12.1. The zero-order chi connectivity index (χ0) is 15.4. The molecule has 1 saturated heterocycles. The van der Waals surface area contributed by atoms with E-state index in [1.165, 1.54) is 4.88 Å². The highest BCUT2D eigenvalue weighted by molar-refractivity contribution is 7.11. The molecular weight excluding hydrogens is 296 g/mol. The summed E-state index contributed by atoms with van der Waals surface area (Å²) >= 11 is 1.68. The summed E-state index contributed by atoms with van der Waals surface area (Å²) in [5.41, 5.74) is 1.04. The predicted molar refractivity (Wildman–Crippen MR) is 78.6 cm³/mol. The zero-order valence-electron chi connectivity index (χ0n) is 12.4. The second kappa shape index (κ2) is 7.26. The summed E-state index contributed by atoms with van der Waals surface area (Å²) in [4.78, 5) is 19.7. The average molecular weight is 317 g/mol. The van der Waals surface area contributed by atoms with Gasteiger partial charge in [-0.15, -0.1) is 11.3 Å². The number of aryl methyl sites for hydroxylation is 2. The van der Waals surface area contributed by atoms with E-state index < -0.39 is 13.0 Å². The Labute approximate surface area is 127 Å². The number of piperidine rings is 1. The first-order chi connectivity index (χ1) is 9.95. The molecule has 1 aliphatic heterocycles. The van der Waals surface area contributed by atoms with Gasteiger partial charge in [-0.05, 0) is 33.2 Å². The molecule has 0 radical (unpaired) electrons. The van der Waals surface area contributed by atoms with Crippen LogP contribution in [0.3, 0.4) is 0 Å². The number of thiazole rings is 1. The number of hydrogen-bond donors (Lipinski definition) is 1. The van der Waals surface area contributed by atoms with Crippen LogP contribution in [0.2, 0.25) is 0 Å². The van der Waals surface area contributed by atoms with Gasteiger partial charge in [-0.2, -0.15) is 0 Å². The van der Waals surface area contributed by atoms with Gasteiger partial charge in [0.05, 0.1) is 23.2 Å². The Bertz CT molecular complexity index is 493. The molecule has 1 aromatic rings. The standard InChI is InChI=1S/C14H21F2N3OS/c1-9-12(21-10(2)18-9)8-19-5-3-4-11(7-19)14(20)17-6-13(15)16/h11,13H,3-8H2,1-2H3,(H,17,20). The van der Waals surface area contributed by atoms with Crippen molar-refractivity contribution >= 4 is 17.2 Å². The summed E-state index contributed by atoms with van der Waals surface area (Å²) in [7, 11) is 0. The van der Waals surface area contributed by atoms with Crippen LogP contribution in [0.1, 0.15) is 28.4 Å². The van der Waals surface area contributed by atoms with Crippen LogP contribution in [0.4, 0.5) is 8.78 Å². The lowest BCUT2D eigenvalue weighted by Crippen LogP contribution is -2.43. The highest BCUT2D eigenvalue weighted by Crippen LogP contribution is 2.23. The van der Waals surface area contributed by atoms with Gasteiger partial charge >= 0.3 is 0 Å². The van der Waals surface area contributed by atoms with E-state index in [1.54, 1.807) is 11.3 Å². The lowest BCUT2D eigenvalue weighted by Gasteiger charge is -2.31. The van der Waals surface area contributed by atoms with E-state index in [1.807, 2.05) is 13.8 Å². The van der Waals surface area contributed by atoms with Crippen molar-refractivity contribution in [2.45, 2.75) is 39.7 Å². The van der Waals surface area contributed by atoms with E-state index in [-0.39, 0.29) is 11.8 Å². The number of carbonyl (C=O) groups excluding carboxylic acids is 1. The second-order valence-corrected chi connectivity index (χ2v) is 6.74. The van der Waals surface area contributed by atoms with Crippen molar-refractivity contribution < 1.29 is 13.6 Å². The van der Waals surface area contributed by atoms with Crippen molar-refractivity contribution in [3.63, 3.8) is 0 Å². The van der Waals surface area contributed by atoms with Crippen molar-refractivity contribution in [3.8, 4) is 0 Å². The number of hydrogen-bond acceptors (Lipinski definition) is 4. The van der Waals surface area contributed by atoms with Crippen LogP contribution in [-0.2, 0) is 11.3 Å². The molecule has 0 saturated carbocycles. The van der Waals surface area contributed by atoms with Crippen molar-refractivity contribution in [2.24, 2.45) is 5.92 Å². The van der Waals surface area contributed by atoms with E-state index in [4.69, 9.17) is 0 Å². The Balaban J connectivity index is 1.88. The molecule has 7 heteroatoms. The average Bonchev–Trinajstić information content (AvgIpc) is 2.74. The smallest absolute Gasteiger partial charge is 0.255 e. The summed E-state index contributed by atoms with van der Waals surface area (Å²) in [6.45, 7) is 5.78. The van der Waals surface area contributed by atoms with E-state index in [0.29, 0.717) is 6.54 Å². The van der Waals surface area contributed by atoms with Crippen LogP contribution in [0, 0.1) is 19.8 Å². The molecule has 2 rings (SSSR count). The van der Waals surface area contributed by atoms with Gasteiger partial charge in [0.15, 0.2) is 0 Å². The molecule has 0 bridgehead atoms. The molecule has 1 aliphatic rings. The molecule has 0 aliphatic carbocycles. The predicted octanol–water partition coefficient (Wildman–Crippen LogP) is 2.35. The minimum absolute atomic E-state index is 0.188. The van der Waals surface area contributed by atoms with Gasteiger partial charge in [0.1, 0.15) is 0 Å². The summed E-state index contributed by atoms with van der Waals surface area (Å²) in [5.74, 6) is -0.441. The molecule has 1 amide bonds. The number of amides is 1. The first-order valence-electron chi connectivity index (χ1n) is 7.17. The number of nitrogens with one attached hydrogen (secondary N) is 1. The Morgan fingerprint density at radius 1 is 1.52 bits per heavy atom. The summed E-state index contributed by atoms with van der Waals surface area (Å²) in [6, 6.07) is 0. The summed E-state index contributed by atoms with van der Waals surface area (Å²) < 4.78 is 24.3. The Hall–Kier alpha value is -1.08. The van der Waals surface area contributed by atoms with Crippen LogP contribution < -0.4 is 5.32 Å². The zero-order valence-corrected chi connectivity index (χ0v) is 13.2. The molecule has 1 unspecified atom stereocenters. The third-order valence-corrected chi connectivity index (χ3v) is 4.73. The molecule has 0 aromatic carbocycles. The van der Waals surface area contributed by atoms with Gasteiger partial charge in [-0.3, -0.25) is 9.69 Å². The molecule has 0 spiro atoms. The van der Waals surface area contributed by atoms with Gasteiger partial charge < -0.3 is 5.32 Å². The first kappa shape index (κ1) is 16.3. The number of nitrogens with zero attached hydrogens (tertiary/aromatic N) is 2. The van der Waals surface area contributed by atoms with Crippen LogP contribution in [-0.4, -0.2) is 41.9 Å². The molecule has 4 nitrogen and oxygen atoms in total. The molecular formula is C14H21F2N3OS. The van der Waals surface area contributed by atoms with Crippen LogP contribution >= 0.6 is 11.3 Å². The van der Waals surface area contributed by atoms with Crippen molar-refractivity contribution in [1.82, 2.24) is 15.2 Å². The molecule has 1 N–H and O–H groups in total. The topological polar surface area (TPSA) is 45.2 Å². The highest BCUT2D eigenvalue weighted by atomic mass is 32.1. The molecule has 2 heterocycles. The quantitative estimate of drug-likeness (QED) is 0.907. The molecule has 1 aromatic heterocycles. The number of aromatic nitrogens is 1. The third kappa shape index (κ3) is 4.71. The van der Waals surface area contributed by atoms with Gasteiger partial charge in [0, 0.05) is 18.0 Å². The summed E-state index contributed by atoms with van der Waals surface area (Å²) in [6.07, 6.45) is -0.799. The fraction of sp³-hybridized carbons (Fsp3) is 0.714. The van der Waals surface area contributed by atoms with Crippen LogP contribution in [0.25, 0.3) is 0 Å². The van der Waals surface area contributed by atoms with Gasteiger partial charge in [-0.25, -0.2) is 13.8 Å². The van der Waals surface area contributed by atoms with Crippen LogP contribution in [0.5, 0.6) is 0 Å². The third-order valence-electron chi connectivity index (χ3n) is 3.67. The lowest BCUT2D eigenvalue weighted by molar-refractivity contribution is -0.127. The number of alkyl halides is 2. The molecule has 1 fully saturated rings. The fourth-order valence-electron chi connectivity index (χ4n) is 2.66. The Kier molecular flexibility index (Phi) is 5.64. The van der Waals surface area contributed by atoms with Crippen molar-refractivity contribution in [1.29, 1.82) is 0 Å². The number of carbonyl (C=O) groups is 1. The van der Waals surface area contributed by atoms with Crippen molar-refractivity contribution in [3.05, 3.63) is 15.6 Å². The van der Waals surface area contributed by atoms with E-state index in [9.17, 15) is 13.6 Å². The van der Waals surface area contributed by atoms with Gasteiger partial charge in [0.2, 0.25) is 5.91 Å². The molecule has 118 valence electrons. The number of likely N-dealkylation sites (tertiary alicyclic amines) is 1. The van der Waals surface area contributed by atoms with E-state index in [2.05, 4.69) is 15.2 Å². The first-order valence-corrected chi connectivity index (χ1v) is 7.98.